The second kappa shape index (κ2) is 7.68. The summed E-state index contributed by atoms with van der Waals surface area (Å²) < 4.78 is 12.2. The van der Waals surface area contributed by atoms with Crippen molar-refractivity contribution in [1.29, 1.82) is 0 Å². The third-order valence-electron chi connectivity index (χ3n) is 5.64. The van der Waals surface area contributed by atoms with Crippen molar-refractivity contribution in [2.45, 2.75) is 31.9 Å². The van der Waals surface area contributed by atoms with Gasteiger partial charge in [0.25, 0.3) is 0 Å². The maximum atomic E-state index is 6.53. The molecule has 0 radical (unpaired) electrons. The summed E-state index contributed by atoms with van der Waals surface area (Å²) in [4.78, 5) is 2.58. The fourth-order valence-electron chi connectivity index (χ4n) is 4.31. The van der Waals surface area contributed by atoms with Crippen LogP contribution < -0.4 is 15.2 Å². The van der Waals surface area contributed by atoms with E-state index >= 15 is 0 Å². The highest BCUT2D eigenvalue weighted by Crippen LogP contribution is 2.40. The molecule has 1 aliphatic carbocycles. The Bertz CT molecular complexity index is 748. The summed E-state index contributed by atoms with van der Waals surface area (Å²) in [7, 11) is 0. The predicted molar refractivity (Wildman–Crippen MR) is 104 cm³/mol. The highest BCUT2D eigenvalue weighted by atomic mass is 16.5. The fourth-order valence-corrected chi connectivity index (χ4v) is 4.31. The van der Waals surface area contributed by atoms with Crippen molar-refractivity contribution in [3.05, 3.63) is 59.7 Å². The molecule has 0 saturated carbocycles. The van der Waals surface area contributed by atoms with Crippen molar-refractivity contribution >= 4 is 0 Å². The zero-order valence-corrected chi connectivity index (χ0v) is 15.4. The summed E-state index contributed by atoms with van der Waals surface area (Å²) in [5.41, 5.74) is 8.63. The van der Waals surface area contributed by atoms with Crippen LogP contribution in [0.1, 0.15) is 30.6 Å². The maximum absolute atomic E-state index is 6.53. The molecule has 4 nitrogen and oxygen atoms in total. The van der Waals surface area contributed by atoms with Crippen molar-refractivity contribution in [3.8, 4) is 11.5 Å². The molecule has 2 aromatic carbocycles. The summed E-state index contributed by atoms with van der Waals surface area (Å²) in [6.07, 6.45) is 2.29. The first-order chi connectivity index (χ1) is 12.8. The summed E-state index contributed by atoms with van der Waals surface area (Å²) in [6.45, 7) is 5.62. The summed E-state index contributed by atoms with van der Waals surface area (Å²) >= 11 is 0. The third kappa shape index (κ3) is 3.44. The van der Waals surface area contributed by atoms with E-state index in [1.54, 1.807) is 0 Å². The van der Waals surface area contributed by atoms with Crippen LogP contribution in [0.5, 0.6) is 11.5 Å². The first-order valence-corrected chi connectivity index (χ1v) is 9.70. The lowest BCUT2D eigenvalue weighted by molar-refractivity contribution is 0.0915. The number of ether oxygens (including phenoxy) is 2. The van der Waals surface area contributed by atoms with E-state index in [1.807, 2.05) is 31.2 Å². The molecular weight excluding hydrogens is 324 g/mol. The smallest absolute Gasteiger partial charge is 0.140 e. The van der Waals surface area contributed by atoms with Crippen molar-refractivity contribution in [1.82, 2.24) is 4.90 Å². The number of benzene rings is 2. The van der Waals surface area contributed by atoms with Gasteiger partial charge in [0, 0.05) is 12.6 Å². The van der Waals surface area contributed by atoms with Gasteiger partial charge in [-0.1, -0.05) is 30.3 Å². The average molecular weight is 352 g/mol. The van der Waals surface area contributed by atoms with Gasteiger partial charge < -0.3 is 15.2 Å². The molecule has 2 N–H and O–H groups in total. The molecule has 138 valence electrons. The molecule has 2 aromatic rings. The highest BCUT2D eigenvalue weighted by molar-refractivity contribution is 5.39. The van der Waals surface area contributed by atoms with Crippen LogP contribution in [0, 0.1) is 5.92 Å². The van der Waals surface area contributed by atoms with Crippen LogP contribution in [0.25, 0.3) is 0 Å². The Balaban J connectivity index is 1.59. The van der Waals surface area contributed by atoms with Gasteiger partial charge in [0.1, 0.15) is 17.6 Å². The molecule has 4 heteroatoms. The fraction of sp³-hybridized carbons (Fsp3) is 0.455. The standard InChI is InChI=1S/C22H28N2O2/c1-2-25-18-7-5-8-19(13-18)26-22-20-9-4-3-6-17(20)12-21(22)24-11-10-16(14-23)15-24/h3-9,13,16,21-22H,2,10-12,14-15,23H2,1H3/t16?,21-,22-/m1/s1. The van der Waals surface area contributed by atoms with Gasteiger partial charge in [0.15, 0.2) is 0 Å². The largest absolute Gasteiger partial charge is 0.494 e. The monoisotopic (exact) mass is 352 g/mol. The van der Waals surface area contributed by atoms with Gasteiger partial charge in [-0.25, -0.2) is 0 Å². The minimum Gasteiger partial charge on any atom is -0.494 e. The molecule has 0 spiro atoms. The van der Waals surface area contributed by atoms with Crippen molar-refractivity contribution in [2.75, 3.05) is 26.2 Å². The lowest BCUT2D eigenvalue weighted by Crippen LogP contribution is -2.39. The van der Waals surface area contributed by atoms with Crippen molar-refractivity contribution in [3.63, 3.8) is 0 Å². The van der Waals surface area contributed by atoms with Gasteiger partial charge in [-0.3, -0.25) is 4.90 Å². The number of nitrogens with two attached hydrogens (primary N) is 1. The Labute approximate surface area is 155 Å². The van der Waals surface area contributed by atoms with Gasteiger partial charge in [-0.2, -0.15) is 0 Å². The molecule has 1 fully saturated rings. The van der Waals surface area contributed by atoms with Crippen LogP contribution in [-0.2, 0) is 6.42 Å². The van der Waals surface area contributed by atoms with Crippen molar-refractivity contribution < 1.29 is 9.47 Å². The molecule has 4 rings (SSSR count). The molecule has 0 bridgehead atoms. The Hall–Kier alpha value is -2.04. The van der Waals surface area contributed by atoms with Crippen LogP contribution in [0.2, 0.25) is 0 Å². The topological polar surface area (TPSA) is 47.7 Å². The van der Waals surface area contributed by atoms with E-state index in [1.165, 1.54) is 17.5 Å². The van der Waals surface area contributed by atoms with Crippen molar-refractivity contribution in [2.24, 2.45) is 11.7 Å². The first kappa shape index (κ1) is 17.4. The second-order valence-electron chi connectivity index (χ2n) is 7.30. The summed E-state index contributed by atoms with van der Waals surface area (Å²) in [5, 5.41) is 0. The lowest BCUT2D eigenvalue weighted by Gasteiger charge is -2.30. The van der Waals surface area contributed by atoms with Crippen LogP contribution in [0.4, 0.5) is 0 Å². The molecule has 1 aliphatic heterocycles. The predicted octanol–water partition coefficient (Wildman–Crippen LogP) is 3.41. The Morgan fingerprint density at radius 3 is 2.77 bits per heavy atom. The van der Waals surface area contributed by atoms with Crippen LogP contribution in [0.3, 0.4) is 0 Å². The number of hydrogen-bond acceptors (Lipinski definition) is 4. The molecule has 1 saturated heterocycles. The van der Waals surface area contributed by atoms with Crippen LogP contribution in [0.15, 0.2) is 48.5 Å². The lowest BCUT2D eigenvalue weighted by atomic mass is 10.1. The molecule has 26 heavy (non-hydrogen) atoms. The van der Waals surface area contributed by atoms with Gasteiger partial charge in [0.05, 0.1) is 12.6 Å². The van der Waals surface area contributed by atoms with E-state index in [0.717, 1.165) is 37.6 Å². The molecule has 0 amide bonds. The first-order valence-electron chi connectivity index (χ1n) is 9.70. The van der Waals surface area contributed by atoms with Gasteiger partial charge in [0.2, 0.25) is 0 Å². The van der Waals surface area contributed by atoms with E-state index in [0.29, 0.717) is 18.6 Å². The van der Waals surface area contributed by atoms with Gasteiger partial charge >= 0.3 is 0 Å². The zero-order chi connectivity index (χ0) is 17.9. The number of nitrogens with zero attached hydrogens (tertiary/aromatic N) is 1. The van der Waals surface area contributed by atoms with E-state index in [9.17, 15) is 0 Å². The average Bonchev–Trinajstić information content (AvgIpc) is 3.27. The van der Waals surface area contributed by atoms with E-state index in [-0.39, 0.29) is 6.10 Å². The summed E-state index contributed by atoms with van der Waals surface area (Å²) in [5.74, 6) is 2.34. The quantitative estimate of drug-likeness (QED) is 0.865. The number of fused-ring (bicyclic) bond motifs is 1. The number of rotatable bonds is 6. The number of likely N-dealkylation sites (tertiary alicyclic amines) is 1. The Kier molecular flexibility index (Phi) is 5.14. The highest BCUT2D eigenvalue weighted by Gasteiger charge is 2.40. The molecule has 3 atom stereocenters. The molecule has 2 aliphatic rings. The maximum Gasteiger partial charge on any atom is 0.140 e. The normalized spacial score (nSPS) is 25.2. The van der Waals surface area contributed by atoms with Gasteiger partial charge in [-0.15, -0.1) is 0 Å². The minimum atomic E-state index is 0.0552. The Morgan fingerprint density at radius 2 is 1.96 bits per heavy atom. The zero-order valence-electron chi connectivity index (χ0n) is 15.4. The molecule has 0 aromatic heterocycles. The van der Waals surface area contributed by atoms with E-state index in [2.05, 4.69) is 29.2 Å². The minimum absolute atomic E-state index is 0.0552. The van der Waals surface area contributed by atoms with E-state index in [4.69, 9.17) is 15.2 Å². The second-order valence-corrected chi connectivity index (χ2v) is 7.30. The number of hydrogen-bond donors (Lipinski definition) is 1. The molecule has 1 unspecified atom stereocenters. The molecular formula is C22H28N2O2. The van der Waals surface area contributed by atoms with Gasteiger partial charge in [-0.05, 0) is 62.0 Å². The molecule has 1 heterocycles. The third-order valence-corrected chi connectivity index (χ3v) is 5.64. The van der Waals surface area contributed by atoms with Crippen LogP contribution >= 0.6 is 0 Å². The summed E-state index contributed by atoms with van der Waals surface area (Å²) in [6, 6.07) is 17.0. The SMILES string of the molecule is CCOc1cccc(O[C@@H]2c3ccccc3C[C@H]2N2CCC(CN)C2)c1. The van der Waals surface area contributed by atoms with E-state index < -0.39 is 0 Å². The Morgan fingerprint density at radius 1 is 1.12 bits per heavy atom. The van der Waals surface area contributed by atoms with Crippen LogP contribution in [-0.4, -0.2) is 37.2 Å².